The minimum atomic E-state index is -4.73. The van der Waals surface area contributed by atoms with E-state index < -0.39 is 38.4 Å². The molecule has 0 aromatic rings. The van der Waals surface area contributed by atoms with Crippen LogP contribution in [0.5, 0.6) is 0 Å². The Kier molecular flexibility index (Phi) is 21.7. The Bertz CT molecular complexity index is 1510. The first kappa shape index (κ1) is 53.8. The van der Waals surface area contributed by atoms with Gasteiger partial charge in [0.2, 0.25) is 0 Å². The molecule has 4 aliphatic carbocycles. The summed E-state index contributed by atoms with van der Waals surface area (Å²) >= 11 is 0. The molecule has 0 saturated heterocycles. The van der Waals surface area contributed by atoms with Crippen molar-refractivity contribution in [2.24, 2.45) is 46.3 Å². The number of hydrogen-bond acceptors (Lipinski definition) is 10. The lowest BCUT2D eigenvalue weighted by atomic mass is 9.47. The molecule has 0 aromatic carbocycles. The second-order valence-electron chi connectivity index (χ2n) is 22.1. The van der Waals surface area contributed by atoms with E-state index in [1.807, 2.05) is 21.1 Å². The van der Waals surface area contributed by atoms with Gasteiger partial charge in [-0.05, 0) is 97.7 Å². The Balaban J connectivity index is 1.24. The molecule has 4 rings (SSSR count). The minimum absolute atomic E-state index is 0.0816. The summed E-state index contributed by atoms with van der Waals surface area (Å²) in [5, 5.41) is 0. The first-order chi connectivity index (χ1) is 29.8. The molecule has 364 valence electrons. The fraction of sp³-hybridized carbons (Fsp3) is 0.902. The van der Waals surface area contributed by atoms with Crippen molar-refractivity contribution in [3.8, 4) is 0 Å². The van der Waals surface area contributed by atoms with Crippen LogP contribution in [0.3, 0.4) is 0 Å². The maximum atomic E-state index is 13.1. The largest absolute Gasteiger partial charge is 0.756 e. The predicted molar refractivity (Wildman–Crippen MR) is 247 cm³/mol. The zero-order valence-electron chi connectivity index (χ0n) is 41.3. The lowest BCUT2D eigenvalue weighted by Crippen LogP contribution is -2.51. The normalized spacial score (nSPS) is 28.8. The lowest BCUT2D eigenvalue weighted by molar-refractivity contribution is -0.870. The van der Waals surface area contributed by atoms with Crippen LogP contribution in [0.2, 0.25) is 0 Å². The van der Waals surface area contributed by atoms with Crippen molar-refractivity contribution in [1.29, 1.82) is 0 Å². The molecule has 0 amide bonds. The quantitative estimate of drug-likeness (QED) is 0.0178. The second-order valence-corrected chi connectivity index (χ2v) is 23.5. The first-order valence-electron chi connectivity index (χ1n) is 25.4. The summed E-state index contributed by atoms with van der Waals surface area (Å²) in [4.78, 5) is 51.3. The lowest BCUT2D eigenvalue weighted by Gasteiger charge is -2.58. The Morgan fingerprint density at radius 3 is 2.16 bits per heavy atom. The van der Waals surface area contributed by atoms with Crippen LogP contribution >= 0.6 is 7.82 Å². The number of hydrogen-bond donors (Lipinski definition) is 0. The maximum Gasteiger partial charge on any atom is 0.306 e. The van der Waals surface area contributed by atoms with Gasteiger partial charge in [0.1, 0.15) is 25.9 Å². The average molecular weight is 908 g/mol. The highest BCUT2D eigenvalue weighted by atomic mass is 31.2. The van der Waals surface area contributed by atoms with Crippen LogP contribution in [-0.4, -0.2) is 82.1 Å². The van der Waals surface area contributed by atoms with Gasteiger partial charge in [-0.1, -0.05) is 124 Å². The molecular weight excluding hydrogens is 818 g/mol. The molecule has 3 saturated carbocycles. The summed E-state index contributed by atoms with van der Waals surface area (Å²) in [7, 11) is 0.998. The van der Waals surface area contributed by atoms with Crippen molar-refractivity contribution in [2.45, 2.75) is 201 Å². The van der Waals surface area contributed by atoms with Gasteiger partial charge in [-0.2, -0.15) is 0 Å². The van der Waals surface area contributed by atoms with E-state index in [9.17, 15) is 23.8 Å². The van der Waals surface area contributed by atoms with Crippen LogP contribution in [0.15, 0.2) is 11.6 Å². The van der Waals surface area contributed by atoms with Crippen LogP contribution in [0.25, 0.3) is 0 Å². The number of allylic oxidation sites excluding steroid dienone is 1. The number of ether oxygens (including phenoxy) is 3. The van der Waals surface area contributed by atoms with E-state index in [0.29, 0.717) is 28.8 Å². The molecule has 4 aliphatic rings. The van der Waals surface area contributed by atoms with E-state index in [1.54, 1.807) is 0 Å². The van der Waals surface area contributed by atoms with Gasteiger partial charge in [0.05, 0.1) is 40.6 Å². The molecule has 0 aliphatic heterocycles. The van der Waals surface area contributed by atoms with Crippen molar-refractivity contribution in [2.75, 3.05) is 47.5 Å². The topological polar surface area (TPSA) is 137 Å². The standard InChI is InChI=1S/C51H90NO10P/c1-10-11-12-13-14-15-16-17-18-22-47(53)58-36-42(37-60-63(56,57)59-34-33-52(7,8)9)62-49(55)28-27-48(54)61-41-29-31-50(5)40(35-41)23-24-43-45-26-25-44(39(4)21-19-20-38(2)3)51(45,6)32-30-46(43)50/h23,38-39,41-46H,10-22,24-37H2,1-9H3/t39-,41+,42?,43+,44-,45+,46+,50+,51-/m1/s1. The van der Waals surface area contributed by atoms with Crippen molar-refractivity contribution in [3.05, 3.63) is 11.6 Å². The Labute approximate surface area is 383 Å². The number of unbranched alkanes of at least 4 members (excludes halogenated alkanes) is 8. The fourth-order valence-electron chi connectivity index (χ4n) is 12.0. The van der Waals surface area contributed by atoms with E-state index in [4.69, 9.17) is 23.3 Å². The SMILES string of the molecule is CCCCCCCCCCCC(=O)OCC(COP(=O)([O-])OCC[N+](C)(C)C)OC(=O)CCC(=O)O[C@H]1CC[C@@]2(C)C(=CC[C@H]3[C@@H]4CC[C@H]([C@H](C)CCCC(C)C)[C@@]4(C)CC[C@@H]32)C1. The number of fused-ring (bicyclic) bond motifs is 5. The zero-order valence-corrected chi connectivity index (χ0v) is 42.2. The van der Waals surface area contributed by atoms with Gasteiger partial charge in [-0.25, -0.2) is 0 Å². The summed E-state index contributed by atoms with van der Waals surface area (Å²) in [5.74, 6) is 2.95. The van der Waals surface area contributed by atoms with Gasteiger partial charge < -0.3 is 32.6 Å². The summed E-state index contributed by atoms with van der Waals surface area (Å²) in [6.45, 7) is 13.9. The van der Waals surface area contributed by atoms with Crippen molar-refractivity contribution >= 4 is 25.7 Å². The van der Waals surface area contributed by atoms with E-state index in [1.165, 1.54) is 82.6 Å². The van der Waals surface area contributed by atoms with Crippen LogP contribution in [0, 0.1) is 46.3 Å². The van der Waals surface area contributed by atoms with Gasteiger partial charge in [0, 0.05) is 12.8 Å². The molecule has 10 atom stereocenters. The number of carbonyl (C=O) groups is 3. The molecule has 3 fully saturated rings. The number of quaternary nitrogens is 1. The first-order valence-corrected chi connectivity index (χ1v) is 26.9. The highest BCUT2D eigenvalue weighted by molar-refractivity contribution is 7.45. The molecule has 11 nitrogen and oxygen atoms in total. The van der Waals surface area contributed by atoms with Gasteiger partial charge in [0.25, 0.3) is 7.82 Å². The van der Waals surface area contributed by atoms with Crippen molar-refractivity contribution < 1.29 is 51.6 Å². The molecule has 0 bridgehead atoms. The Morgan fingerprint density at radius 1 is 0.794 bits per heavy atom. The summed E-state index contributed by atoms with van der Waals surface area (Å²) in [5.41, 5.74) is 2.02. The van der Waals surface area contributed by atoms with Crippen molar-refractivity contribution in [3.63, 3.8) is 0 Å². The number of likely N-dealkylation sites (N-methyl/N-ethyl adjacent to an activating group) is 1. The monoisotopic (exact) mass is 908 g/mol. The fourth-order valence-corrected chi connectivity index (χ4v) is 12.8. The van der Waals surface area contributed by atoms with Crippen LogP contribution in [0.1, 0.15) is 189 Å². The van der Waals surface area contributed by atoms with Gasteiger partial charge in [0.15, 0.2) is 6.10 Å². The van der Waals surface area contributed by atoms with Gasteiger partial charge >= 0.3 is 17.9 Å². The van der Waals surface area contributed by atoms with Crippen LogP contribution < -0.4 is 4.89 Å². The third-order valence-corrected chi connectivity index (χ3v) is 16.7. The number of nitrogens with zero attached hydrogens (tertiary/aromatic N) is 1. The van der Waals surface area contributed by atoms with E-state index in [0.717, 1.165) is 74.5 Å². The average Bonchev–Trinajstić information content (AvgIpc) is 3.57. The number of esters is 3. The molecular formula is C51H90NO10P. The molecule has 63 heavy (non-hydrogen) atoms. The third-order valence-electron chi connectivity index (χ3n) is 15.7. The van der Waals surface area contributed by atoms with Crippen LogP contribution in [-0.2, 0) is 42.2 Å². The number of phosphoric acid groups is 1. The van der Waals surface area contributed by atoms with Gasteiger partial charge in [-0.3, -0.25) is 18.9 Å². The Morgan fingerprint density at radius 2 is 1.48 bits per heavy atom. The molecule has 12 heteroatoms. The smallest absolute Gasteiger partial charge is 0.306 e. The highest BCUT2D eigenvalue weighted by Crippen LogP contribution is 2.67. The van der Waals surface area contributed by atoms with E-state index >= 15 is 0 Å². The van der Waals surface area contributed by atoms with E-state index in [-0.39, 0.29) is 44.0 Å². The molecule has 0 spiro atoms. The summed E-state index contributed by atoms with van der Waals surface area (Å²) in [6, 6.07) is 0. The summed E-state index contributed by atoms with van der Waals surface area (Å²) < 4.78 is 40.0. The maximum absolute atomic E-state index is 13.1. The number of phosphoric ester groups is 1. The number of carbonyl (C=O) groups excluding carboxylic acids is 3. The van der Waals surface area contributed by atoms with Crippen molar-refractivity contribution in [1.82, 2.24) is 0 Å². The van der Waals surface area contributed by atoms with E-state index in [2.05, 4.69) is 47.6 Å². The second kappa shape index (κ2) is 25.4. The summed E-state index contributed by atoms with van der Waals surface area (Å²) in [6.07, 6.45) is 23.9. The molecule has 0 N–H and O–H groups in total. The number of rotatable bonds is 29. The van der Waals surface area contributed by atoms with Gasteiger partial charge in [-0.15, -0.1) is 0 Å². The highest BCUT2D eigenvalue weighted by Gasteiger charge is 2.59. The molecule has 0 heterocycles. The third kappa shape index (κ3) is 17.1. The molecule has 0 radical (unpaired) electrons. The molecule has 2 unspecified atom stereocenters. The zero-order chi connectivity index (χ0) is 46.3. The van der Waals surface area contributed by atoms with Crippen LogP contribution in [0.4, 0.5) is 0 Å². The predicted octanol–water partition coefficient (Wildman–Crippen LogP) is 11.3. The molecule has 0 aromatic heterocycles. The Hall–Kier alpha value is -1.78. The minimum Gasteiger partial charge on any atom is -0.756 e.